The number of benzene rings is 1. The second-order valence-electron chi connectivity index (χ2n) is 4.61. The number of nitrogens with zero attached hydrogens (tertiary/aromatic N) is 3. The van der Waals surface area contributed by atoms with Gasteiger partial charge in [0.1, 0.15) is 11.8 Å². The molecule has 0 unspecified atom stereocenters. The average Bonchev–Trinajstić information content (AvgIpc) is 2.72. The van der Waals surface area contributed by atoms with Gasteiger partial charge in [-0.25, -0.2) is 0 Å². The summed E-state index contributed by atoms with van der Waals surface area (Å²) < 4.78 is 7.05. The Morgan fingerprint density at radius 1 is 1.40 bits per heavy atom. The zero-order valence-corrected chi connectivity index (χ0v) is 11.8. The highest BCUT2D eigenvalue weighted by molar-refractivity contribution is 5.45. The first kappa shape index (κ1) is 14.1. The van der Waals surface area contributed by atoms with E-state index in [1.807, 2.05) is 30.7 Å². The van der Waals surface area contributed by atoms with E-state index in [9.17, 15) is 5.11 Å². The molecule has 0 amide bonds. The zero-order valence-electron chi connectivity index (χ0n) is 11.8. The van der Waals surface area contributed by atoms with Crippen molar-refractivity contribution in [3.63, 3.8) is 0 Å². The fraction of sp³-hybridized carbons (Fsp3) is 0.333. The van der Waals surface area contributed by atoms with Crippen LogP contribution in [-0.2, 0) is 13.2 Å². The molecule has 104 valence electrons. The second kappa shape index (κ2) is 5.76. The number of methoxy groups -OCH3 is 1. The Bertz CT molecular complexity index is 668. The summed E-state index contributed by atoms with van der Waals surface area (Å²) in [6.07, 6.45) is 0. The van der Waals surface area contributed by atoms with E-state index in [0.29, 0.717) is 17.9 Å². The summed E-state index contributed by atoms with van der Waals surface area (Å²) in [6.45, 7) is 4.39. The third kappa shape index (κ3) is 2.51. The monoisotopic (exact) mass is 271 g/mol. The normalized spacial score (nSPS) is 10.3. The van der Waals surface area contributed by atoms with Crippen LogP contribution in [0.1, 0.15) is 28.1 Å². The summed E-state index contributed by atoms with van der Waals surface area (Å²) in [7, 11) is 1.55. The number of hydrogen-bond donors (Lipinski definition) is 1. The van der Waals surface area contributed by atoms with Gasteiger partial charge in [0, 0.05) is 11.3 Å². The summed E-state index contributed by atoms with van der Waals surface area (Å²) >= 11 is 0. The highest BCUT2D eigenvalue weighted by Crippen LogP contribution is 2.21. The van der Waals surface area contributed by atoms with Crippen molar-refractivity contribution in [2.45, 2.75) is 27.0 Å². The van der Waals surface area contributed by atoms with Gasteiger partial charge in [-0.05, 0) is 31.5 Å². The fourth-order valence-corrected chi connectivity index (χ4v) is 2.22. The summed E-state index contributed by atoms with van der Waals surface area (Å²) in [5.41, 5.74) is 4.17. The molecular formula is C15H17N3O2. The van der Waals surface area contributed by atoms with E-state index in [-0.39, 0.29) is 6.61 Å². The van der Waals surface area contributed by atoms with E-state index >= 15 is 0 Å². The second-order valence-corrected chi connectivity index (χ2v) is 4.61. The molecule has 0 aliphatic heterocycles. The van der Waals surface area contributed by atoms with Gasteiger partial charge in [-0.15, -0.1) is 0 Å². The Labute approximate surface area is 118 Å². The van der Waals surface area contributed by atoms with Crippen molar-refractivity contribution in [3.8, 4) is 11.8 Å². The lowest BCUT2D eigenvalue weighted by atomic mass is 10.1. The number of aliphatic hydroxyl groups excluding tert-OH is 1. The molecule has 0 bridgehead atoms. The van der Waals surface area contributed by atoms with Crippen molar-refractivity contribution in [2.24, 2.45) is 0 Å². The van der Waals surface area contributed by atoms with Crippen LogP contribution in [0.5, 0.6) is 5.75 Å². The van der Waals surface area contributed by atoms with Crippen molar-refractivity contribution < 1.29 is 9.84 Å². The lowest BCUT2D eigenvalue weighted by molar-refractivity contribution is 0.280. The first-order valence-electron chi connectivity index (χ1n) is 6.31. The molecule has 20 heavy (non-hydrogen) atoms. The Hall–Kier alpha value is -2.32. The minimum absolute atomic E-state index is 0.00560. The molecule has 0 radical (unpaired) electrons. The quantitative estimate of drug-likeness (QED) is 0.922. The molecule has 0 aliphatic rings. The van der Waals surface area contributed by atoms with Gasteiger partial charge < -0.3 is 9.84 Å². The van der Waals surface area contributed by atoms with Crippen molar-refractivity contribution in [3.05, 3.63) is 46.3 Å². The van der Waals surface area contributed by atoms with Gasteiger partial charge in [0.05, 0.1) is 31.5 Å². The molecule has 2 aromatic rings. The van der Waals surface area contributed by atoms with E-state index in [1.165, 1.54) is 0 Å². The van der Waals surface area contributed by atoms with Crippen LogP contribution in [-0.4, -0.2) is 22.0 Å². The molecule has 0 aliphatic carbocycles. The zero-order chi connectivity index (χ0) is 14.7. The first-order valence-corrected chi connectivity index (χ1v) is 6.31. The molecule has 1 N–H and O–H groups in total. The Morgan fingerprint density at radius 2 is 2.15 bits per heavy atom. The van der Waals surface area contributed by atoms with Gasteiger partial charge in [-0.1, -0.05) is 6.07 Å². The van der Waals surface area contributed by atoms with Gasteiger partial charge in [-0.2, -0.15) is 10.4 Å². The maximum Gasteiger partial charge on any atom is 0.136 e. The predicted octanol–water partition coefficient (Wildman–Crippen LogP) is 1.92. The predicted molar refractivity (Wildman–Crippen MR) is 74.4 cm³/mol. The van der Waals surface area contributed by atoms with Gasteiger partial charge in [0.15, 0.2) is 0 Å². The maximum absolute atomic E-state index is 9.32. The van der Waals surface area contributed by atoms with Gasteiger partial charge in [0.25, 0.3) is 0 Å². The standard InChI is InChI=1S/C15H17N3O2/c1-10-14(9-19)11(2)18(17-10)8-12-4-5-13(7-16)15(6-12)20-3/h4-6,19H,8-9H2,1-3H3. The molecule has 0 spiro atoms. The van der Waals surface area contributed by atoms with Crippen LogP contribution >= 0.6 is 0 Å². The van der Waals surface area contributed by atoms with Crippen LogP contribution in [0.3, 0.4) is 0 Å². The molecule has 0 fully saturated rings. The van der Waals surface area contributed by atoms with Crippen LogP contribution in [0.25, 0.3) is 0 Å². The highest BCUT2D eigenvalue weighted by atomic mass is 16.5. The van der Waals surface area contributed by atoms with Gasteiger partial charge >= 0.3 is 0 Å². The summed E-state index contributed by atoms with van der Waals surface area (Å²) in [6, 6.07) is 7.56. The maximum atomic E-state index is 9.32. The molecule has 1 aromatic carbocycles. The van der Waals surface area contributed by atoms with E-state index < -0.39 is 0 Å². The molecule has 5 heteroatoms. The summed E-state index contributed by atoms with van der Waals surface area (Å²) in [5.74, 6) is 0.564. The van der Waals surface area contributed by atoms with Gasteiger partial charge in [-0.3, -0.25) is 4.68 Å². The molecule has 2 rings (SSSR count). The average molecular weight is 271 g/mol. The van der Waals surface area contributed by atoms with Crippen molar-refractivity contribution in [1.82, 2.24) is 9.78 Å². The first-order chi connectivity index (χ1) is 9.60. The van der Waals surface area contributed by atoms with Crippen molar-refractivity contribution in [1.29, 1.82) is 5.26 Å². The molecule has 0 saturated heterocycles. The fourth-order valence-electron chi connectivity index (χ4n) is 2.22. The minimum atomic E-state index is -0.00560. The van der Waals surface area contributed by atoms with E-state index in [4.69, 9.17) is 10.00 Å². The molecule has 1 heterocycles. The van der Waals surface area contributed by atoms with Gasteiger partial charge in [0.2, 0.25) is 0 Å². The van der Waals surface area contributed by atoms with Crippen LogP contribution in [0.15, 0.2) is 18.2 Å². The molecule has 1 aromatic heterocycles. The molecule has 0 atom stereocenters. The number of rotatable bonds is 4. The number of aromatic nitrogens is 2. The highest BCUT2D eigenvalue weighted by Gasteiger charge is 2.11. The number of aryl methyl sites for hydroxylation is 1. The number of aliphatic hydroxyl groups is 1. The Kier molecular flexibility index (Phi) is 4.06. The third-order valence-electron chi connectivity index (χ3n) is 3.41. The Morgan fingerprint density at radius 3 is 2.70 bits per heavy atom. The van der Waals surface area contributed by atoms with Crippen LogP contribution in [0.2, 0.25) is 0 Å². The van der Waals surface area contributed by atoms with E-state index in [2.05, 4.69) is 11.2 Å². The molecular weight excluding hydrogens is 254 g/mol. The van der Waals surface area contributed by atoms with Crippen LogP contribution in [0, 0.1) is 25.2 Å². The third-order valence-corrected chi connectivity index (χ3v) is 3.41. The summed E-state index contributed by atoms with van der Waals surface area (Å²) in [4.78, 5) is 0. The number of ether oxygens (including phenoxy) is 1. The van der Waals surface area contributed by atoms with E-state index in [1.54, 1.807) is 13.2 Å². The lowest BCUT2D eigenvalue weighted by Crippen LogP contribution is -2.05. The molecule has 0 saturated carbocycles. The van der Waals surface area contributed by atoms with E-state index in [0.717, 1.165) is 22.5 Å². The number of hydrogen-bond acceptors (Lipinski definition) is 4. The summed E-state index contributed by atoms with van der Waals surface area (Å²) in [5, 5.41) is 22.7. The van der Waals surface area contributed by atoms with Crippen LogP contribution < -0.4 is 4.74 Å². The largest absolute Gasteiger partial charge is 0.495 e. The lowest BCUT2D eigenvalue weighted by Gasteiger charge is -2.08. The SMILES string of the molecule is COc1cc(Cn2nc(C)c(CO)c2C)ccc1C#N. The topological polar surface area (TPSA) is 71.1 Å². The molecule has 5 nitrogen and oxygen atoms in total. The smallest absolute Gasteiger partial charge is 0.136 e. The van der Waals surface area contributed by atoms with Crippen molar-refractivity contribution >= 4 is 0 Å². The number of nitriles is 1. The van der Waals surface area contributed by atoms with Crippen LogP contribution in [0.4, 0.5) is 0 Å². The minimum Gasteiger partial charge on any atom is -0.495 e. The Balaban J connectivity index is 2.33. The van der Waals surface area contributed by atoms with Crippen molar-refractivity contribution in [2.75, 3.05) is 7.11 Å².